The number of hydrogen-bond acceptors (Lipinski definition) is 3. The molecule has 2 aromatic carbocycles. The van der Waals surface area contributed by atoms with E-state index in [2.05, 4.69) is 75.9 Å². The second-order valence-electron chi connectivity index (χ2n) is 6.26. The van der Waals surface area contributed by atoms with E-state index in [0.29, 0.717) is 5.92 Å². The summed E-state index contributed by atoms with van der Waals surface area (Å²) in [5, 5.41) is 3.59. The lowest BCUT2D eigenvalue weighted by atomic mass is 9.91. The molecule has 0 saturated carbocycles. The van der Waals surface area contributed by atoms with Crippen molar-refractivity contribution in [3.8, 4) is 0 Å². The number of fused-ring (bicyclic) bond motifs is 1. The van der Waals surface area contributed by atoms with Crippen LogP contribution >= 0.6 is 0 Å². The lowest BCUT2D eigenvalue weighted by Gasteiger charge is -2.20. The molecule has 1 heterocycles. The quantitative estimate of drug-likeness (QED) is 0.766. The van der Waals surface area contributed by atoms with E-state index in [1.807, 2.05) is 0 Å². The second kappa shape index (κ2) is 6.83. The molecular formula is C21H21N3. The summed E-state index contributed by atoms with van der Waals surface area (Å²) in [7, 11) is 0. The molecular weight excluding hydrogens is 294 g/mol. The van der Waals surface area contributed by atoms with Crippen LogP contribution in [0.4, 0.5) is 5.82 Å². The number of anilines is 1. The number of aryl methyl sites for hydroxylation is 1. The fourth-order valence-corrected chi connectivity index (χ4v) is 3.51. The highest BCUT2D eigenvalue weighted by Gasteiger charge is 2.19. The Morgan fingerprint density at radius 1 is 0.833 bits per heavy atom. The molecule has 0 bridgehead atoms. The molecule has 1 aromatic heterocycles. The van der Waals surface area contributed by atoms with E-state index < -0.39 is 0 Å². The normalized spacial score (nSPS) is 13.0. The molecule has 0 radical (unpaired) electrons. The predicted octanol–water partition coefficient (Wildman–Crippen LogP) is 4.21. The van der Waals surface area contributed by atoms with Gasteiger partial charge in [-0.25, -0.2) is 9.97 Å². The van der Waals surface area contributed by atoms with Crippen LogP contribution in [0.5, 0.6) is 0 Å². The van der Waals surface area contributed by atoms with Crippen molar-refractivity contribution in [1.29, 1.82) is 0 Å². The zero-order valence-corrected chi connectivity index (χ0v) is 13.7. The Bertz CT molecular complexity index is 760. The molecule has 0 atom stereocenters. The van der Waals surface area contributed by atoms with E-state index in [9.17, 15) is 0 Å². The molecule has 1 aliphatic carbocycles. The molecule has 0 amide bonds. The molecule has 120 valence electrons. The first-order valence-corrected chi connectivity index (χ1v) is 8.58. The summed E-state index contributed by atoms with van der Waals surface area (Å²) in [5.74, 6) is 1.31. The lowest BCUT2D eigenvalue weighted by Crippen LogP contribution is -2.16. The van der Waals surface area contributed by atoms with Crippen LogP contribution in [0.1, 0.15) is 34.7 Å². The lowest BCUT2D eigenvalue weighted by molar-refractivity contribution is 0.844. The van der Waals surface area contributed by atoms with Gasteiger partial charge in [-0.2, -0.15) is 0 Å². The van der Waals surface area contributed by atoms with Gasteiger partial charge in [0.05, 0.1) is 0 Å². The van der Waals surface area contributed by atoms with Crippen molar-refractivity contribution in [3.63, 3.8) is 0 Å². The van der Waals surface area contributed by atoms with Gasteiger partial charge in [0.1, 0.15) is 12.1 Å². The summed E-state index contributed by atoms with van der Waals surface area (Å²) in [5.41, 5.74) is 5.16. The zero-order valence-electron chi connectivity index (χ0n) is 13.7. The first-order chi connectivity index (χ1) is 11.9. The van der Waals surface area contributed by atoms with Crippen molar-refractivity contribution in [1.82, 2.24) is 9.97 Å². The van der Waals surface area contributed by atoms with E-state index in [0.717, 1.165) is 25.2 Å². The Hall–Kier alpha value is -2.68. The minimum atomic E-state index is 0.305. The standard InChI is InChI=1S/C21H21N3/c1-3-8-16(9-4-1)19(17-10-5-2-6-11-17)14-22-21-18-12-7-13-20(18)23-15-24-21/h1-6,8-11,15,19H,7,12-14H2,(H,22,23,24). The monoisotopic (exact) mass is 315 g/mol. The third kappa shape index (κ3) is 3.02. The third-order valence-electron chi connectivity index (χ3n) is 4.75. The van der Waals surface area contributed by atoms with Gasteiger partial charge in [-0.3, -0.25) is 0 Å². The van der Waals surface area contributed by atoms with Gasteiger partial charge in [-0.1, -0.05) is 60.7 Å². The van der Waals surface area contributed by atoms with Crippen LogP contribution < -0.4 is 5.32 Å². The Labute approximate surface area is 142 Å². The van der Waals surface area contributed by atoms with Gasteiger partial charge < -0.3 is 5.32 Å². The Kier molecular flexibility index (Phi) is 4.24. The van der Waals surface area contributed by atoms with Crippen molar-refractivity contribution in [2.75, 3.05) is 11.9 Å². The van der Waals surface area contributed by atoms with Crippen LogP contribution in [0.2, 0.25) is 0 Å². The molecule has 4 rings (SSSR count). The first-order valence-electron chi connectivity index (χ1n) is 8.58. The van der Waals surface area contributed by atoms with E-state index in [-0.39, 0.29) is 0 Å². The van der Waals surface area contributed by atoms with Gasteiger partial charge in [-0.05, 0) is 30.4 Å². The Morgan fingerprint density at radius 2 is 1.50 bits per heavy atom. The van der Waals surface area contributed by atoms with Gasteiger partial charge in [0.15, 0.2) is 0 Å². The van der Waals surface area contributed by atoms with Gasteiger partial charge in [0.2, 0.25) is 0 Å². The third-order valence-corrected chi connectivity index (χ3v) is 4.75. The van der Waals surface area contributed by atoms with Crippen molar-refractivity contribution in [3.05, 3.63) is 89.4 Å². The fraction of sp³-hybridized carbons (Fsp3) is 0.238. The molecule has 1 aliphatic rings. The summed E-state index contributed by atoms with van der Waals surface area (Å²) in [6.45, 7) is 0.831. The highest BCUT2D eigenvalue weighted by atomic mass is 15.0. The van der Waals surface area contributed by atoms with E-state index in [1.54, 1.807) is 6.33 Å². The first kappa shape index (κ1) is 14.9. The summed E-state index contributed by atoms with van der Waals surface area (Å²) >= 11 is 0. The van der Waals surface area contributed by atoms with Crippen molar-refractivity contribution in [2.24, 2.45) is 0 Å². The van der Waals surface area contributed by atoms with E-state index in [4.69, 9.17) is 0 Å². The highest BCUT2D eigenvalue weighted by molar-refractivity contribution is 5.49. The van der Waals surface area contributed by atoms with Gasteiger partial charge >= 0.3 is 0 Å². The maximum absolute atomic E-state index is 4.49. The number of aromatic nitrogens is 2. The Balaban J connectivity index is 1.60. The van der Waals surface area contributed by atoms with Crippen molar-refractivity contribution < 1.29 is 0 Å². The van der Waals surface area contributed by atoms with Crippen LogP contribution in [0.3, 0.4) is 0 Å². The molecule has 0 saturated heterocycles. The number of nitrogens with zero attached hydrogens (tertiary/aromatic N) is 2. The molecule has 3 aromatic rings. The molecule has 0 fully saturated rings. The average Bonchev–Trinajstić information content (AvgIpc) is 3.13. The molecule has 3 nitrogen and oxygen atoms in total. The van der Waals surface area contributed by atoms with Gasteiger partial charge in [0.25, 0.3) is 0 Å². The van der Waals surface area contributed by atoms with E-state index in [1.165, 1.54) is 28.8 Å². The Morgan fingerprint density at radius 3 is 2.17 bits per heavy atom. The molecule has 0 spiro atoms. The predicted molar refractivity (Wildman–Crippen MR) is 97.3 cm³/mol. The summed E-state index contributed by atoms with van der Waals surface area (Å²) < 4.78 is 0. The zero-order chi connectivity index (χ0) is 16.2. The average molecular weight is 315 g/mol. The molecule has 0 aliphatic heterocycles. The minimum absolute atomic E-state index is 0.305. The van der Waals surface area contributed by atoms with Crippen LogP contribution in [0.15, 0.2) is 67.0 Å². The number of nitrogens with one attached hydrogen (secondary N) is 1. The molecule has 24 heavy (non-hydrogen) atoms. The number of benzene rings is 2. The molecule has 1 N–H and O–H groups in total. The minimum Gasteiger partial charge on any atom is -0.369 e. The molecule has 3 heteroatoms. The van der Waals surface area contributed by atoms with Crippen molar-refractivity contribution in [2.45, 2.75) is 25.2 Å². The van der Waals surface area contributed by atoms with E-state index >= 15 is 0 Å². The second-order valence-corrected chi connectivity index (χ2v) is 6.26. The fourth-order valence-electron chi connectivity index (χ4n) is 3.51. The SMILES string of the molecule is c1ccc(C(CNc2ncnc3c2CCC3)c2ccccc2)cc1. The smallest absolute Gasteiger partial charge is 0.132 e. The summed E-state index contributed by atoms with van der Waals surface area (Å²) in [4.78, 5) is 8.90. The number of hydrogen-bond donors (Lipinski definition) is 1. The number of rotatable bonds is 5. The van der Waals surface area contributed by atoms with Crippen LogP contribution in [-0.2, 0) is 12.8 Å². The maximum atomic E-state index is 4.49. The van der Waals surface area contributed by atoms with Gasteiger partial charge in [-0.15, -0.1) is 0 Å². The van der Waals surface area contributed by atoms with Crippen molar-refractivity contribution >= 4 is 5.82 Å². The van der Waals surface area contributed by atoms with Crippen LogP contribution in [-0.4, -0.2) is 16.5 Å². The van der Waals surface area contributed by atoms with Gasteiger partial charge in [0, 0.05) is 23.7 Å². The largest absolute Gasteiger partial charge is 0.369 e. The maximum Gasteiger partial charge on any atom is 0.132 e. The summed E-state index contributed by atoms with van der Waals surface area (Å²) in [6, 6.07) is 21.3. The van der Waals surface area contributed by atoms with Crippen LogP contribution in [0.25, 0.3) is 0 Å². The summed E-state index contributed by atoms with van der Waals surface area (Å²) in [6.07, 6.45) is 5.03. The highest BCUT2D eigenvalue weighted by Crippen LogP contribution is 2.28. The molecule has 0 unspecified atom stereocenters. The topological polar surface area (TPSA) is 37.8 Å². The van der Waals surface area contributed by atoms with Crippen LogP contribution in [0, 0.1) is 0 Å².